The standard InChI is InChI=1S/C8H12O2/c1-4-6-7(3)10-8(9)5-2/h7H,5H2,1-3H3. The summed E-state index contributed by atoms with van der Waals surface area (Å²) in [6.07, 6.45) is 0.146. The minimum atomic E-state index is -0.266. The number of hydrogen-bond acceptors (Lipinski definition) is 2. The third kappa shape index (κ3) is 3.96. The SMILES string of the molecule is CC#CC(C)OC(=O)CC. The first kappa shape index (κ1) is 9.03. The Morgan fingerprint density at radius 1 is 1.70 bits per heavy atom. The summed E-state index contributed by atoms with van der Waals surface area (Å²) in [6, 6.07) is 0. The Kier molecular flexibility index (Phi) is 4.39. The van der Waals surface area contributed by atoms with Gasteiger partial charge in [-0.05, 0) is 13.8 Å². The van der Waals surface area contributed by atoms with E-state index in [4.69, 9.17) is 4.74 Å². The molecule has 0 aromatic carbocycles. The van der Waals surface area contributed by atoms with E-state index in [2.05, 4.69) is 11.8 Å². The molecule has 1 unspecified atom stereocenters. The van der Waals surface area contributed by atoms with Gasteiger partial charge in [0.25, 0.3) is 0 Å². The van der Waals surface area contributed by atoms with Crippen molar-refractivity contribution in [1.29, 1.82) is 0 Å². The maximum Gasteiger partial charge on any atom is 0.306 e. The maximum absolute atomic E-state index is 10.6. The summed E-state index contributed by atoms with van der Waals surface area (Å²) in [6.45, 7) is 5.23. The molecule has 0 N–H and O–H groups in total. The zero-order valence-electron chi connectivity index (χ0n) is 6.60. The Labute approximate surface area is 61.6 Å². The van der Waals surface area contributed by atoms with Crippen LogP contribution in [0.1, 0.15) is 27.2 Å². The van der Waals surface area contributed by atoms with Crippen LogP contribution in [0.25, 0.3) is 0 Å². The summed E-state index contributed by atoms with van der Waals surface area (Å²) >= 11 is 0. The average molecular weight is 140 g/mol. The molecule has 0 spiro atoms. The van der Waals surface area contributed by atoms with E-state index in [-0.39, 0.29) is 12.1 Å². The van der Waals surface area contributed by atoms with Gasteiger partial charge in [0.1, 0.15) is 0 Å². The van der Waals surface area contributed by atoms with Gasteiger partial charge in [-0.25, -0.2) is 0 Å². The Bertz CT molecular complexity index is 162. The third-order valence-electron chi connectivity index (χ3n) is 0.944. The Morgan fingerprint density at radius 2 is 2.30 bits per heavy atom. The van der Waals surface area contributed by atoms with Crippen LogP contribution in [0, 0.1) is 11.8 Å². The first-order valence-corrected chi connectivity index (χ1v) is 3.32. The highest BCUT2D eigenvalue weighted by Crippen LogP contribution is 1.91. The lowest BCUT2D eigenvalue weighted by molar-refractivity contribution is -0.145. The van der Waals surface area contributed by atoms with Crippen LogP contribution >= 0.6 is 0 Å². The predicted octanol–water partition coefficient (Wildman–Crippen LogP) is 1.35. The number of rotatable bonds is 2. The first-order chi connectivity index (χ1) is 4.70. The van der Waals surface area contributed by atoms with Gasteiger partial charge in [-0.2, -0.15) is 0 Å². The predicted molar refractivity (Wildman–Crippen MR) is 39.3 cm³/mol. The first-order valence-electron chi connectivity index (χ1n) is 3.32. The van der Waals surface area contributed by atoms with Gasteiger partial charge in [0.2, 0.25) is 0 Å². The molecule has 0 aliphatic rings. The molecule has 56 valence electrons. The van der Waals surface area contributed by atoms with Gasteiger partial charge in [0.15, 0.2) is 6.10 Å². The van der Waals surface area contributed by atoms with Crippen molar-refractivity contribution in [3.63, 3.8) is 0 Å². The largest absolute Gasteiger partial charge is 0.449 e. The van der Waals surface area contributed by atoms with Crippen molar-refractivity contribution in [2.24, 2.45) is 0 Å². The molecule has 0 aromatic rings. The van der Waals surface area contributed by atoms with Crippen molar-refractivity contribution in [3.05, 3.63) is 0 Å². The fourth-order valence-electron chi connectivity index (χ4n) is 0.513. The van der Waals surface area contributed by atoms with Gasteiger partial charge in [0, 0.05) is 6.42 Å². The van der Waals surface area contributed by atoms with E-state index in [0.29, 0.717) is 6.42 Å². The van der Waals surface area contributed by atoms with Crippen LogP contribution in [0.15, 0.2) is 0 Å². The topological polar surface area (TPSA) is 26.3 Å². The molecule has 0 amide bonds. The molecule has 0 fully saturated rings. The minimum absolute atomic E-state index is 0.199. The molecule has 0 aromatic heterocycles. The van der Waals surface area contributed by atoms with Gasteiger partial charge in [-0.1, -0.05) is 12.8 Å². The molecule has 10 heavy (non-hydrogen) atoms. The van der Waals surface area contributed by atoms with E-state index >= 15 is 0 Å². The number of esters is 1. The van der Waals surface area contributed by atoms with E-state index in [1.165, 1.54) is 0 Å². The lowest BCUT2D eigenvalue weighted by atomic mass is 10.4. The molecule has 2 heteroatoms. The van der Waals surface area contributed by atoms with E-state index in [9.17, 15) is 4.79 Å². The summed E-state index contributed by atoms with van der Waals surface area (Å²) in [5.74, 6) is 5.19. The smallest absolute Gasteiger partial charge is 0.306 e. The Hall–Kier alpha value is -0.970. The number of ether oxygens (including phenoxy) is 1. The van der Waals surface area contributed by atoms with Gasteiger partial charge in [-0.3, -0.25) is 4.79 Å². The molecule has 0 heterocycles. The van der Waals surface area contributed by atoms with Crippen LogP contribution in [0.5, 0.6) is 0 Å². The zero-order valence-corrected chi connectivity index (χ0v) is 6.60. The lowest BCUT2D eigenvalue weighted by Crippen LogP contribution is -2.11. The molecule has 2 nitrogen and oxygen atoms in total. The van der Waals surface area contributed by atoms with Crippen LogP contribution in [-0.2, 0) is 9.53 Å². The van der Waals surface area contributed by atoms with Crippen LogP contribution in [-0.4, -0.2) is 12.1 Å². The van der Waals surface area contributed by atoms with Crippen LogP contribution in [0.4, 0.5) is 0 Å². The van der Waals surface area contributed by atoms with Gasteiger partial charge in [0.05, 0.1) is 0 Å². The van der Waals surface area contributed by atoms with Crippen LogP contribution in [0.2, 0.25) is 0 Å². The van der Waals surface area contributed by atoms with Gasteiger partial charge < -0.3 is 4.74 Å². The Balaban J connectivity index is 3.64. The third-order valence-corrected chi connectivity index (χ3v) is 0.944. The Morgan fingerprint density at radius 3 is 2.70 bits per heavy atom. The van der Waals surface area contributed by atoms with E-state index < -0.39 is 0 Å². The van der Waals surface area contributed by atoms with Gasteiger partial charge >= 0.3 is 5.97 Å². The second-order valence-electron chi connectivity index (χ2n) is 1.88. The fourth-order valence-corrected chi connectivity index (χ4v) is 0.513. The molecule has 0 aliphatic carbocycles. The van der Waals surface area contributed by atoms with Crippen molar-refractivity contribution in [2.45, 2.75) is 33.3 Å². The highest BCUT2D eigenvalue weighted by Gasteiger charge is 2.01. The van der Waals surface area contributed by atoms with Crippen LogP contribution < -0.4 is 0 Å². The van der Waals surface area contributed by atoms with Crippen molar-refractivity contribution >= 4 is 5.97 Å². The summed E-state index contributed by atoms with van der Waals surface area (Å²) in [5, 5.41) is 0. The fraction of sp³-hybridized carbons (Fsp3) is 0.625. The van der Waals surface area contributed by atoms with Gasteiger partial charge in [-0.15, -0.1) is 5.92 Å². The van der Waals surface area contributed by atoms with E-state index in [0.717, 1.165) is 0 Å². The molecular weight excluding hydrogens is 128 g/mol. The van der Waals surface area contributed by atoms with Crippen molar-refractivity contribution in [1.82, 2.24) is 0 Å². The maximum atomic E-state index is 10.6. The summed E-state index contributed by atoms with van der Waals surface area (Å²) in [4.78, 5) is 10.6. The zero-order chi connectivity index (χ0) is 7.98. The molecule has 0 rings (SSSR count). The molecule has 0 radical (unpaired) electrons. The quantitative estimate of drug-likeness (QED) is 0.427. The van der Waals surface area contributed by atoms with E-state index in [1.807, 2.05) is 0 Å². The summed E-state index contributed by atoms with van der Waals surface area (Å²) in [7, 11) is 0. The molecule has 0 saturated carbocycles. The summed E-state index contributed by atoms with van der Waals surface area (Å²) < 4.78 is 4.83. The number of hydrogen-bond donors (Lipinski definition) is 0. The van der Waals surface area contributed by atoms with E-state index in [1.54, 1.807) is 20.8 Å². The van der Waals surface area contributed by atoms with Crippen molar-refractivity contribution in [3.8, 4) is 11.8 Å². The molecule has 1 atom stereocenters. The molecule has 0 saturated heterocycles. The molecule has 0 aliphatic heterocycles. The molecular formula is C8H12O2. The highest BCUT2D eigenvalue weighted by molar-refractivity contribution is 5.69. The lowest BCUT2D eigenvalue weighted by Gasteiger charge is -2.04. The summed E-state index contributed by atoms with van der Waals surface area (Å²) in [5.41, 5.74) is 0. The average Bonchev–Trinajstić information content (AvgIpc) is 1.88. The highest BCUT2D eigenvalue weighted by atomic mass is 16.5. The molecule has 0 bridgehead atoms. The number of carbonyl (C=O) groups excluding carboxylic acids is 1. The second-order valence-corrected chi connectivity index (χ2v) is 1.88. The van der Waals surface area contributed by atoms with Crippen LogP contribution in [0.3, 0.4) is 0 Å². The normalized spacial score (nSPS) is 11.1. The van der Waals surface area contributed by atoms with Crippen molar-refractivity contribution < 1.29 is 9.53 Å². The number of carbonyl (C=O) groups is 1. The second kappa shape index (κ2) is 4.87. The minimum Gasteiger partial charge on any atom is -0.449 e. The van der Waals surface area contributed by atoms with Crippen molar-refractivity contribution in [2.75, 3.05) is 0 Å². The monoisotopic (exact) mass is 140 g/mol.